The second-order valence-electron chi connectivity index (χ2n) is 9.57. The van der Waals surface area contributed by atoms with Crippen molar-refractivity contribution in [2.45, 2.75) is 57.5 Å². The van der Waals surface area contributed by atoms with Crippen LogP contribution in [0.15, 0.2) is 48.1 Å². The first-order chi connectivity index (χ1) is 16.8. The molecule has 1 aliphatic heterocycles. The van der Waals surface area contributed by atoms with Crippen LogP contribution in [0.25, 0.3) is 11.0 Å². The monoisotopic (exact) mass is 500 g/mol. The van der Waals surface area contributed by atoms with Gasteiger partial charge in [0.05, 0.1) is 22.2 Å². The molecule has 0 bridgehead atoms. The standard InChI is InChI=1S/C26H34ClFN6O/c1-4-20(28)14-31-19(3)34-16-21(23-22(27)8-11-30-24(23)34)25(35)32-17-26(9-6-5-7-10-26)33-13-12-29-18(2)15-33/h4,8,11,14,16,18,29H,1,5-7,9-10,12-13,15,17H2,2-3H3,(H,32,35)/b20-14+,31-19?. The maximum absolute atomic E-state index is 13.5. The summed E-state index contributed by atoms with van der Waals surface area (Å²) in [7, 11) is 0. The normalized spacial score (nSPS) is 21.8. The lowest BCUT2D eigenvalue weighted by Crippen LogP contribution is -2.63. The Balaban J connectivity index is 1.62. The predicted octanol–water partition coefficient (Wildman–Crippen LogP) is 4.68. The number of hydrogen-bond donors (Lipinski definition) is 2. The molecule has 4 rings (SSSR count). The molecule has 0 radical (unpaired) electrons. The lowest BCUT2D eigenvalue weighted by Gasteiger charge is -2.49. The van der Waals surface area contributed by atoms with Gasteiger partial charge in [-0.15, -0.1) is 0 Å². The summed E-state index contributed by atoms with van der Waals surface area (Å²) in [4.78, 5) is 24.7. The van der Waals surface area contributed by atoms with Crippen LogP contribution in [0.4, 0.5) is 4.39 Å². The van der Waals surface area contributed by atoms with Gasteiger partial charge in [-0.2, -0.15) is 0 Å². The molecule has 2 N–H and O–H groups in total. The summed E-state index contributed by atoms with van der Waals surface area (Å²) >= 11 is 6.51. The van der Waals surface area contributed by atoms with Crippen LogP contribution in [0.1, 0.15) is 56.3 Å². The number of amides is 1. The van der Waals surface area contributed by atoms with E-state index in [0.717, 1.165) is 44.8 Å². The summed E-state index contributed by atoms with van der Waals surface area (Å²) in [6.07, 6.45) is 11.2. The van der Waals surface area contributed by atoms with Crippen LogP contribution < -0.4 is 10.6 Å². The Kier molecular flexibility index (Phi) is 8.04. The summed E-state index contributed by atoms with van der Waals surface area (Å²) in [5, 5.41) is 7.74. The fourth-order valence-corrected chi connectivity index (χ4v) is 5.56. The number of carbonyl (C=O) groups excluding carboxylic acids is 1. The van der Waals surface area contributed by atoms with E-state index in [2.05, 4.69) is 39.0 Å². The maximum Gasteiger partial charge on any atom is 0.253 e. The molecule has 2 aromatic heterocycles. The van der Waals surface area contributed by atoms with Crippen molar-refractivity contribution in [1.29, 1.82) is 0 Å². The lowest BCUT2D eigenvalue weighted by molar-refractivity contribution is 0.0273. The van der Waals surface area contributed by atoms with Crippen molar-refractivity contribution < 1.29 is 9.18 Å². The van der Waals surface area contributed by atoms with Gasteiger partial charge < -0.3 is 10.6 Å². The highest BCUT2D eigenvalue weighted by molar-refractivity contribution is 6.36. The summed E-state index contributed by atoms with van der Waals surface area (Å²) in [5.41, 5.74) is 0.898. The molecule has 1 saturated heterocycles. The Hall–Kier alpha value is -2.55. The first-order valence-corrected chi connectivity index (χ1v) is 12.7. The van der Waals surface area contributed by atoms with Gasteiger partial charge in [-0.1, -0.05) is 37.4 Å². The quantitative estimate of drug-likeness (QED) is 0.343. The van der Waals surface area contributed by atoms with Gasteiger partial charge in [-0.05, 0) is 38.8 Å². The molecule has 1 unspecified atom stereocenters. The molecule has 1 aliphatic carbocycles. The lowest BCUT2D eigenvalue weighted by atomic mass is 9.79. The van der Waals surface area contributed by atoms with Gasteiger partial charge in [0.25, 0.3) is 5.91 Å². The number of fused-ring (bicyclic) bond motifs is 1. The van der Waals surface area contributed by atoms with E-state index in [-0.39, 0.29) is 11.4 Å². The van der Waals surface area contributed by atoms with Crippen LogP contribution >= 0.6 is 11.6 Å². The van der Waals surface area contributed by atoms with Gasteiger partial charge in [0.1, 0.15) is 17.3 Å². The molecule has 0 aromatic carbocycles. The van der Waals surface area contributed by atoms with Crippen LogP contribution in [-0.4, -0.2) is 64.0 Å². The van der Waals surface area contributed by atoms with E-state index in [9.17, 15) is 9.18 Å². The van der Waals surface area contributed by atoms with Crippen molar-refractivity contribution in [1.82, 2.24) is 25.1 Å². The van der Waals surface area contributed by atoms with E-state index in [0.29, 0.717) is 40.0 Å². The summed E-state index contributed by atoms with van der Waals surface area (Å²) < 4.78 is 15.2. The number of aromatic nitrogens is 2. The van der Waals surface area contributed by atoms with Crippen molar-refractivity contribution in [2.24, 2.45) is 4.99 Å². The smallest absolute Gasteiger partial charge is 0.253 e. The summed E-state index contributed by atoms with van der Waals surface area (Å²) in [5.74, 6) is -0.290. The van der Waals surface area contributed by atoms with Crippen molar-refractivity contribution in [3.63, 3.8) is 0 Å². The highest BCUT2D eigenvalue weighted by Crippen LogP contribution is 2.34. The van der Waals surface area contributed by atoms with Gasteiger partial charge in [-0.25, -0.2) is 14.4 Å². The van der Waals surface area contributed by atoms with Crippen LogP contribution in [0.2, 0.25) is 5.02 Å². The number of hydrogen-bond acceptors (Lipinski definition) is 5. The van der Waals surface area contributed by atoms with Crippen LogP contribution in [-0.2, 0) is 0 Å². The average Bonchev–Trinajstić information content (AvgIpc) is 3.27. The van der Waals surface area contributed by atoms with E-state index in [1.54, 1.807) is 30.0 Å². The summed E-state index contributed by atoms with van der Waals surface area (Å²) in [6, 6.07) is 2.10. The third-order valence-electron chi connectivity index (χ3n) is 7.20. The number of nitrogens with one attached hydrogen (secondary N) is 2. The zero-order valence-electron chi connectivity index (χ0n) is 20.5. The van der Waals surface area contributed by atoms with Gasteiger partial charge in [0, 0.05) is 50.2 Å². The minimum atomic E-state index is -0.551. The number of nitrogens with zero attached hydrogens (tertiary/aromatic N) is 4. The largest absolute Gasteiger partial charge is 0.350 e. The topological polar surface area (TPSA) is 74.6 Å². The van der Waals surface area contributed by atoms with Crippen molar-refractivity contribution in [2.75, 3.05) is 26.2 Å². The first-order valence-electron chi connectivity index (χ1n) is 12.3. The molecule has 3 heterocycles. The number of piperazine rings is 1. The Morgan fingerprint density at radius 2 is 2.20 bits per heavy atom. The number of pyridine rings is 1. The van der Waals surface area contributed by atoms with Crippen molar-refractivity contribution in [3.8, 4) is 0 Å². The fourth-order valence-electron chi connectivity index (χ4n) is 5.32. The first kappa shape index (κ1) is 25.5. The van der Waals surface area contributed by atoms with E-state index in [4.69, 9.17) is 11.6 Å². The van der Waals surface area contributed by atoms with Crippen molar-refractivity contribution in [3.05, 3.63) is 53.7 Å². The van der Waals surface area contributed by atoms with E-state index >= 15 is 0 Å². The van der Waals surface area contributed by atoms with Gasteiger partial charge in [0.15, 0.2) is 0 Å². The molecule has 7 nitrogen and oxygen atoms in total. The number of carbonyl (C=O) groups is 1. The number of halogens is 2. The highest BCUT2D eigenvalue weighted by atomic mass is 35.5. The third-order valence-corrected chi connectivity index (χ3v) is 7.52. The molecule has 1 amide bonds. The predicted molar refractivity (Wildman–Crippen MR) is 140 cm³/mol. The Morgan fingerprint density at radius 1 is 1.43 bits per heavy atom. The fraction of sp³-hybridized carbons (Fsp3) is 0.500. The van der Waals surface area contributed by atoms with Gasteiger partial charge >= 0.3 is 0 Å². The molecule has 9 heteroatoms. The molecular weight excluding hydrogens is 467 g/mol. The second-order valence-corrected chi connectivity index (χ2v) is 9.97. The van der Waals surface area contributed by atoms with Crippen LogP contribution in [0.3, 0.4) is 0 Å². The average molecular weight is 501 g/mol. The molecule has 2 aromatic rings. The molecule has 188 valence electrons. The molecular formula is C26H34ClFN6O. The highest BCUT2D eigenvalue weighted by Gasteiger charge is 2.39. The zero-order valence-corrected chi connectivity index (χ0v) is 21.2. The third kappa shape index (κ3) is 5.50. The molecule has 0 spiro atoms. The maximum atomic E-state index is 13.5. The Bertz CT molecular complexity index is 1150. The molecule has 1 atom stereocenters. The molecule has 1 saturated carbocycles. The van der Waals surface area contributed by atoms with Crippen molar-refractivity contribution >= 4 is 34.4 Å². The Morgan fingerprint density at radius 3 is 2.91 bits per heavy atom. The molecule has 2 aliphatic rings. The Labute approximate surface area is 211 Å². The minimum absolute atomic E-state index is 0.0327. The number of allylic oxidation sites excluding steroid dienone is 2. The SMILES string of the molecule is C=C/C(F)=C\N=C(C)n1cc(C(=O)NCC2(N3CCNC(C)C3)CCCCC2)c2c(Cl)ccnc21. The van der Waals surface area contributed by atoms with E-state index < -0.39 is 5.83 Å². The number of aliphatic imine (C=N–C) groups is 1. The van der Waals surface area contributed by atoms with E-state index in [1.165, 1.54) is 19.3 Å². The van der Waals surface area contributed by atoms with Crippen LogP contribution in [0, 0.1) is 0 Å². The van der Waals surface area contributed by atoms with Gasteiger partial charge in [0.2, 0.25) is 0 Å². The zero-order chi connectivity index (χ0) is 25.0. The minimum Gasteiger partial charge on any atom is -0.350 e. The van der Waals surface area contributed by atoms with Crippen LogP contribution in [0.5, 0.6) is 0 Å². The molecule has 2 fully saturated rings. The van der Waals surface area contributed by atoms with Gasteiger partial charge in [-0.3, -0.25) is 14.3 Å². The second kappa shape index (κ2) is 11.0. The molecule has 35 heavy (non-hydrogen) atoms. The number of rotatable bonds is 6. The summed E-state index contributed by atoms with van der Waals surface area (Å²) in [6.45, 7) is 10.8. The van der Waals surface area contributed by atoms with E-state index in [1.807, 2.05) is 0 Å².